The molecule has 0 spiro atoms. The van der Waals surface area contributed by atoms with Gasteiger partial charge in [0.05, 0.1) is 30.8 Å². The highest BCUT2D eigenvalue weighted by Crippen LogP contribution is 2.50. The fourth-order valence-electron chi connectivity index (χ4n) is 5.65. The van der Waals surface area contributed by atoms with Gasteiger partial charge in [-0.05, 0) is 75.2 Å². The van der Waals surface area contributed by atoms with E-state index in [-0.39, 0.29) is 29.1 Å². The number of hydrogen-bond acceptors (Lipinski definition) is 6. The number of aliphatic imine (C=N–C) groups is 1. The van der Waals surface area contributed by atoms with Gasteiger partial charge in [0, 0.05) is 17.1 Å². The van der Waals surface area contributed by atoms with Gasteiger partial charge >= 0.3 is 18.3 Å². The molecular formula is C28H30ClF6N5O4. The summed E-state index contributed by atoms with van der Waals surface area (Å²) in [6, 6.07) is 9.65. The molecule has 1 saturated heterocycles. The van der Waals surface area contributed by atoms with Gasteiger partial charge in [0.25, 0.3) is 0 Å². The number of carbonyl (C=O) groups is 1. The van der Waals surface area contributed by atoms with Crippen molar-refractivity contribution in [2.45, 2.75) is 55.5 Å². The Hall–Kier alpha value is -3.90. The minimum absolute atomic E-state index is 0.0750. The quantitative estimate of drug-likeness (QED) is 0.118. The molecule has 2 aromatic carbocycles. The van der Waals surface area contributed by atoms with E-state index >= 15 is 0 Å². The van der Waals surface area contributed by atoms with E-state index in [1.807, 2.05) is 12.3 Å². The number of nitriles is 1. The molecule has 2 fully saturated rings. The van der Waals surface area contributed by atoms with Crippen LogP contribution < -0.4 is 20.1 Å². The summed E-state index contributed by atoms with van der Waals surface area (Å²) in [6.45, 7) is 0.933. The summed E-state index contributed by atoms with van der Waals surface area (Å²) in [5.74, 6) is -1.29. The zero-order valence-electron chi connectivity index (χ0n) is 23.8. The van der Waals surface area contributed by atoms with Crippen LogP contribution in [0.15, 0.2) is 41.4 Å². The van der Waals surface area contributed by atoms with Gasteiger partial charge in [-0.3, -0.25) is 5.32 Å². The molecule has 16 heteroatoms. The Morgan fingerprint density at radius 1 is 1.11 bits per heavy atom. The topological polar surface area (TPSA) is 119 Å². The van der Waals surface area contributed by atoms with Crippen molar-refractivity contribution < 1.29 is 45.7 Å². The number of carboxylic acids is 1. The lowest BCUT2D eigenvalue weighted by atomic mass is 9.65. The third-order valence-corrected chi connectivity index (χ3v) is 8.05. The first kappa shape index (κ1) is 34.6. The van der Waals surface area contributed by atoms with Crippen LogP contribution in [0.1, 0.15) is 36.8 Å². The van der Waals surface area contributed by atoms with Gasteiger partial charge in [-0.25, -0.2) is 9.79 Å². The molecule has 240 valence electrons. The second-order valence-electron chi connectivity index (χ2n) is 10.2. The van der Waals surface area contributed by atoms with Crippen molar-refractivity contribution in [1.29, 1.82) is 5.26 Å². The van der Waals surface area contributed by atoms with Gasteiger partial charge in [0.2, 0.25) is 5.96 Å². The monoisotopic (exact) mass is 649 g/mol. The van der Waals surface area contributed by atoms with Crippen LogP contribution >= 0.6 is 11.6 Å². The summed E-state index contributed by atoms with van der Waals surface area (Å²) in [6.07, 6.45) is -4.52. The largest absolute Gasteiger partial charge is 0.493 e. The molecule has 1 saturated carbocycles. The minimum atomic E-state index is -5.08. The molecule has 3 atom stereocenters. The lowest BCUT2D eigenvalue weighted by molar-refractivity contribution is -0.192. The van der Waals surface area contributed by atoms with Gasteiger partial charge in [-0.1, -0.05) is 17.7 Å². The smallest absolute Gasteiger partial charge is 0.490 e. The normalized spacial score (nSPS) is 22.2. The molecule has 1 heterocycles. The number of carboxylic acid groups (broad SMARTS) is 1. The number of hydrogen-bond donors (Lipinski definition) is 3. The molecule has 0 radical (unpaired) electrons. The van der Waals surface area contributed by atoms with Gasteiger partial charge in [0.15, 0.2) is 17.7 Å². The molecule has 9 nitrogen and oxygen atoms in total. The lowest BCUT2D eigenvalue weighted by Gasteiger charge is -2.44. The number of nitrogens with zero attached hydrogens (tertiary/aromatic N) is 3. The van der Waals surface area contributed by atoms with Crippen LogP contribution in [0.25, 0.3) is 0 Å². The maximum Gasteiger partial charge on any atom is 0.490 e. The first-order chi connectivity index (χ1) is 20.5. The summed E-state index contributed by atoms with van der Waals surface area (Å²) < 4.78 is 82.5. The molecule has 44 heavy (non-hydrogen) atoms. The number of anilines is 1. The molecule has 2 aliphatic rings. The molecule has 0 bridgehead atoms. The second kappa shape index (κ2) is 13.8. The van der Waals surface area contributed by atoms with E-state index in [9.17, 15) is 31.6 Å². The average Bonchev–Trinajstić information content (AvgIpc) is 3.29. The van der Waals surface area contributed by atoms with Crippen LogP contribution in [-0.2, 0) is 16.4 Å². The predicted octanol–water partition coefficient (Wildman–Crippen LogP) is 6.04. The summed E-state index contributed by atoms with van der Waals surface area (Å²) in [5.41, 5.74) is 0.289. The Kier molecular flexibility index (Phi) is 10.9. The Balaban J connectivity index is 0.000000676. The number of alkyl halides is 6. The fraction of sp³-hybridized carbons (Fsp3) is 0.464. The van der Waals surface area contributed by atoms with E-state index in [4.69, 9.17) is 36.0 Å². The van der Waals surface area contributed by atoms with E-state index in [0.717, 1.165) is 38.3 Å². The number of methoxy groups -OCH3 is 2. The van der Waals surface area contributed by atoms with Gasteiger partial charge in [0.1, 0.15) is 0 Å². The van der Waals surface area contributed by atoms with Crippen LogP contribution in [-0.4, -0.2) is 68.0 Å². The van der Waals surface area contributed by atoms with Gasteiger partial charge in [-0.2, -0.15) is 31.6 Å². The summed E-state index contributed by atoms with van der Waals surface area (Å²) in [7, 11) is 5.33. The van der Waals surface area contributed by atoms with E-state index < -0.39 is 28.9 Å². The van der Waals surface area contributed by atoms with Crippen molar-refractivity contribution in [2.75, 3.05) is 33.1 Å². The number of nitrogens with one attached hydrogen (secondary N) is 2. The maximum absolute atomic E-state index is 13.3. The minimum Gasteiger partial charge on any atom is -0.493 e. The number of aliphatic carboxylic acids is 1. The van der Waals surface area contributed by atoms with Crippen molar-refractivity contribution in [3.8, 4) is 17.7 Å². The molecule has 3 N–H and O–H groups in total. The number of fused-ring (bicyclic) bond motifs is 1. The zero-order valence-corrected chi connectivity index (χ0v) is 24.6. The lowest BCUT2D eigenvalue weighted by Crippen LogP contribution is -2.47. The summed E-state index contributed by atoms with van der Waals surface area (Å²) in [4.78, 5) is 15.9. The summed E-state index contributed by atoms with van der Waals surface area (Å²) >= 11 is 5.73. The Morgan fingerprint density at radius 2 is 1.77 bits per heavy atom. The van der Waals surface area contributed by atoms with Crippen molar-refractivity contribution in [3.63, 3.8) is 0 Å². The van der Waals surface area contributed by atoms with E-state index in [1.165, 1.54) is 17.7 Å². The molecule has 3 unspecified atom stereocenters. The highest BCUT2D eigenvalue weighted by molar-refractivity contribution is 6.31. The molecule has 1 aliphatic carbocycles. The number of guanidine groups is 1. The first-order valence-corrected chi connectivity index (χ1v) is 13.5. The Morgan fingerprint density at radius 3 is 2.34 bits per heavy atom. The summed E-state index contributed by atoms with van der Waals surface area (Å²) in [5, 5.41) is 21.3. The number of halogens is 7. The highest BCUT2D eigenvalue weighted by Gasteiger charge is 2.50. The van der Waals surface area contributed by atoms with E-state index in [2.05, 4.69) is 34.7 Å². The highest BCUT2D eigenvalue weighted by atomic mass is 35.5. The number of likely N-dealkylation sites (tertiary alicyclic amines) is 1. The van der Waals surface area contributed by atoms with Gasteiger partial charge < -0.3 is 24.8 Å². The van der Waals surface area contributed by atoms with E-state index in [0.29, 0.717) is 11.5 Å². The SMILES string of the molecule is COc1ccc(C23CCC(/N=C(/NC#N)Nc4ccc(Cl)c(C(F)(F)F)c4)CC2N(C)CC3)cc1OC.O=C(O)C(F)(F)F. The molecule has 0 aromatic heterocycles. The van der Waals surface area contributed by atoms with Crippen molar-refractivity contribution in [3.05, 3.63) is 52.5 Å². The molecular weight excluding hydrogens is 620 g/mol. The zero-order chi connectivity index (χ0) is 32.9. The van der Waals surface area contributed by atoms with Crippen molar-refractivity contribution in [2.24, 2.45) is 4.99 Å². The number of ether oxygens (including phenoxy) is 2. The standard InChI is InChI=1S/C26H29ClF3N5O2.C2HF3O2/c1-35-11-10-25(16-4-7-21(36-2)22(12-16)37-3)9-8-18(14-23(25)35)34-24(32-15-31)33-17-5-6-20(27)19(13-17)26(28,29)30;3-2(4,5)1(6)7/h4-7,12-13,18,23H,8-11,14H2,1-3H3,(H2,32,33,34);(H,6,7). The maximum atomic E-state index is 13.3. The first-order valence-electron chi connectivity index (χ1n) is 13.1. The number of likely N-dealkylation sites (N-methyl/N-ethyl adjacent to an activating group) is 1. The van der Waals surface area contributed by atoms with Crippen LogP contribution in [0.3, 0.4) is 0 Å². The third-order valence-electron chi connectivity index (χ3n) is 7.72. The molecule has 1 aliphatic heterocycles. The van der Waals surface area contributed by atoms with Crippen molar-refractivity contribution >= 4 is 29.2 Å². The third kappa shape index (κ3) is 7.97. The van der Waals surface area contributed by atoms with Crippen LogP contribution in [0.4, 0.5) is 32.0 Å². The second-order valence-corrected chi connectivity index (χ2v) is 10.6. The molecule has 2 aromatic rings. The Labute approximate surface area is 254 Å². The fourth-order valence-corrected chi connectivity index (χ4v) is 5.87. The Bertz CT molecular complexity index is 1410. The number of benzene rings is 2. The van der Waals surface area contributed by atoms with Gasteiger partial charge in [-0.15, -0.1) is 0 Å². The molecule has 4 rings (SSSR count). The van der Waals surface area contributed by atoms with E-state index in [1.54, 1.807) is 14.2 Å². The average molecular weight is 650 g/mol. The van der Waals surface area contributed by atoms with Crippen LogP contribution in [0, 0.1) is 11.5 Å². The van der Waals surface area contributed by atoms with Crippen LogP contribution in [0.2, 0.25) is 5.02 Å². The molecule has 0 amide bonds. The van der Waals surface area contributed by atoms with Crippen molar-refractivity contribution in [1.82, 2.24) is 10.2 Å². The predicted molar refractivity (Wildman–Crippen MR) is 150 cm³/mol. The van der Waals surface area contributed by atoms with Crippen LogP contribution in [0.5, 0.6) is 11.5 Å². The number of rotatable bonds is 5.